The van der Waals surface area contributed by atoms with Crippen molar-refractivity contribution in [2.24, 2.45) is 0 Å². The van der Waals surface area contributed by atoms with Gasteiger partial charge in [-0.1, -0.05) is 57.6 Å². The van der Waals surface area contributed by atoms with Crippen LogP contribution in [0.4, 0.5) is 4.39 Å². The Kier molecular flexibility index (Phi) is 8.64. The SMILES string of the molecule is CCCCCCCCCOc1c(F)cccc1CCl. The molecule has 19 heavy (non-hydrogen) atoms. The van der Waals surface area contributed by atoms with Crippen LogP contribution in [0.1, 0.15) is 57.4 Å². The number of unbranched alkanes of at least 4 members (excludes halogenated alkanes) is 6. The van der Waals surface area contributed by atoms with Gasteiger partial charge in [0.15, 0.2) is 11.6 Å². The van der Waals surface area contributed by atoms with Gasteiger partial charge in [-0.15, -0.1) is 11.6 Å². The topological polar surface area (TPSA) is 9.23 Å². The zero-order chi connectivity index (χ0) is 13.9. The van der Waals surface area contributed by atoms with E-state index >= 15 is 0 Å². The van der Waals surface area contributed by atoms with Gasteiger partial charge < -0.3 is 4.74 Å². The largest absolute Gasteiger partial charge is 0.490 e. The molecule has 1 aromatic carbocycles. The fourth-order valence-electron chi connectivity index (χ4n) is 2.05. The normalized spacial score (nSPS) is 10.7. The minimum atomic E-state index is -0.318. The smallest absolute Gasteiger partial charge is 0.165 e. The van der Waals surface area contributed by atoms with E-state index < -0.39 is 0 Å². The van der Waals surface area contributed by atoms with Crippen LogP contribution in [0.15, 0.2) is 18.2 Å². The van der Waals surface area contributed by atoms with E-state index in [9.17, 15) is 4.39 Å². The summed E-state index contributed by atoms with van der Waals surface area (Å²) in [4.78, 5) is 0. The molecule has 0 aliphatic rings. The standard InChI is InChI=1S/C16H24ClFO/c1-2-3-4-5-6-7-8-12-19-16-14(13-17)10-9-11-15(16)18/h9-11H,2-8,12-13H2,1H3. The van der Waals surface area contributed by atoms with Crippen LogP contribution in [0.5, 0.6) is 5.75 Å². The average Bonchev–Trinajstić information content (AvgIpc) is 2.43. The predicted molar refractivity (Wildman–Crippen MR) is 79.4 cm³/mol. The molecule has 3 heteroatoms. The Morgan fingerprint density at radius 2 is 1.74 bits per heavy atom. The van der Waals surface area contributed by atoms with Crippen molar-refractivity contribution in [3.05, 3.63) is 29.6 Å². The summed E-state index contributed by atoms with van der Waals surface area (Å²) in [7, 11) is 0. The lowest BCUT2D eigenvalue weighted by molar-refractivity contribution is 0.287. The van der Waals surface area contributed by atoms with Crippen molar-refractivity contribution < 1.29 is 9.13 Å². The summed E-state index contributed by atoms with van der Waals surface area (Å²) in [5.41, 5.74) is 0.726. The fraction of sp³-hybridized carbons (Fsp3) is 0.625. The van der Waals surface area contributed by atoms with E-state index in [4.69, 9.17) is 16.3 Å². The van der Waals surface area contributed by atoms with E-state index in [0.717, 1.165) is 18.4 Å². The third-order valence-corrected chi connectivity index (χ3v) is 3.47. The molecule has 0 unspecified atom stereocenters. The van der Waals surface area contributed by atoms with Gasteiger partial charge in [0.25, 0.3) is 0 Å². The first kappa shape index (κ1) is 16.3. The molecule has 0 N–H and O–H groups in total. The number of ether oxygens (including phenoxy) is 1. The first-order chi connectivity index (χ1) is 9.29. The summed E-state index contributed by atoms with van der Waals surface area (Å²) >= 11 is 5.77. The van der Waals surface area contributed by atoms with Gasteiger partial charge in [-0.3, -0.25) is 0 Å². The van der Waals surface area contributed by atoms with Crippen LogP contribution >= 0.6 is 11.6 Å². The maximum atomic E-state index is 13.6. The van der Waals surface area contributed by atoms with Gasteiger partial charge in [-0.2, -0.15) is 0 Å². The van der Waals surface area contributed by atoms with Crippen LogP contribution in [-0.2, 0) is 5.88 Å². The third kappa shape index (κ3) is 6.29. The number of benzene rings is 1. The first-order valence-electron chi connectivity index (χ1n) is 7.25. The van der Waals surface area contributed by atoms with E-state index in [2.05, 4.69) is 6.92 Å². The Morgan fingerprint density at radius 1 is 1.05 bits per heavy atom. The lowest BCUT2D eigenvalue weighted by Crippen LogP contribution is -2.02. The maximum absolute atomic E-state index is 13.6. The molecule has 108 valence electrons. The molecule has 0 fully saturated rings. The van der Waals surface area contributed by atoms with Crippen LogP contribution in [0.2, 0.25) is 0 Å². The molecule has 0 saturated heterocycles. The van der Waals surface area contributed by atoms with Crippen LogP contribution in [-0.4, -0.2) is 6.61 Å². The van der Waals surface area contributed by atoms with Crippen molar-refractivity contribution in [1.82, 2.24) is 0 Å². The van der Waals surface area contributed by atoms with Crippen molar-refractivity contribution in [1.29, 1.82) is 0 Å². The molecule has 0 spiro atoms. The molecule has 0 bridgehead atoms. The second-order valence-corrected chi connectivity index (χ2v) is 5.10. The number of hydrogen-bond acceptors (Lipinski definition) is 1. The molecule has 0 atom stereocenters. The van der Waals surface area contributed by atoms with Crippen molar-refractivity contribution >= 4 is 11.6 Å². The van der Waals surface area contributed by atoms with E-state index in [1.165, 1.54) is 38.2 Å². The molecule has 0 aromatic heterocycles. The van der Waals surface area contributed by atoms with Gasteiger partial charge in [-0.05, 0) is 12.5 Å². The van der Waals surface area contributed by atoms with Crippen LogP contribution in [0.3, 0.4) is 0 Å². The number of rotatable bonds is 10. The van der Waals surface area contributed by atoms with Crippen molar-refractivity contribution in [3.63, 3.8) is 0 Å². The summed E-state index contributed by atoms with van der Waals surface area (Å²) in [6.45, 7) is 2.79. The Bertz CT molecular complexity index is 355. The van der Waals surface area contributed by atoms with Crippen LogP contribution < -0.4 is 4.74 Å². The lowest BCUT2D eigenvalue weighted by atomic mass is 10.1. The Balaban J connectivity index is 2.19. The highest BCUT2D eigenvalue weighted by Gasteiger charge is 2.08. The van der Waals surface area contributed by atoms with E-state index in [0.29, 0.717) is 12.4 Å². The minimum Gasteiger partial charge on any atom is -0.490 e. The summed E-state index contributed by atoms with van der Waals surface area (Å²) in [6.07, 6.45) is 8.57. The van der Waals surface area contributed by atoms with Gasteiger partial charge >= 0.3 is 0 Å². The summed E-state index contributed by atoms with van der Waals surface area (Å²) in [5.74, 6) is 0.286. The Hall–Kier alpha value is -0.760. The molecule has 0 aliphatic carbocycles. The molecular weight excluding hydrogens is 263 g/mol. The van der Waals surface area contributed by atoms with Gasteiger partial charge in [0.2, 0.25) is 0 Å². The Morgan fingerprint density at radius 3 is 2.42 bits per heavy atom. The molecule has 1 nitrogen and oxygen atoms in total. The van der Waals surface area contributed by atoms with E-state index in [1.807, 2.05) is 0 Å². The third-order valence-electron chi connectivity index (χ3n) is 3.19. The molecule has 0 heterocycles. The van der Waals surface area contributed by atoms with Gasteiger partial charge in [-0.25, -0.2) is 4.39 Å². The molecule has 0 radical (unpaired) electrons. The molecule has 1 aromatic rings. The average molecular weight is 287 g/mol. The monoisotopic (exact) mass is 286 g/mol. The van der Waals surface area contributed by atoms with Crippen molar-refractivity contribution in [2.75, 3.05) is 6.61 Å². The van der Waals surface area contributed by atoms with Gasteiger partial charge in [0.1, 0.15) is 0 Å². The highest BCUT2D eigenvalue weighted by atomic mass is 35.5. The summed E-state index contributed by atoms with van der Waals surface area (Å²) < 4.78 is 19.1. The lowest BCUT2D eigenvalue weighted by Gasteiger charge is -2.10. The zero-order valence-corrected chi connectivity index (χ0v) is 12.5. The van der Waals surface area contributed by atoms with Crippen LogP contribution in [0, 0.1) is 5.82 Å². The van der Waals surface area contributed by atoms with Crippen LogP contribution in [0.25, 0.3) is 0 Å². The molecule has 1 rings (SSSR count). The highest BCUT2D eigenvalue weighted by molar-refractivity contribution is 6.17. The first-order valence-corrected chi connectivity index (χ1v) is 7.79. The quantitative estimate of drug-likeness (QED) is 0.396. The van der Waals surface area contributed by atoms with Gasteiger partial charge in [0, 0.05) is 5.56 Å². The maximum Gasteiger partial charge on any atom is 0.165 e. The number of alkyl halides is 1. The number of para-hydroxylation sites is 1. The predicted octanol–water partition coefficient (Wildman–Crippen LogP) is 5.69. The number of halogens is 2. The summed E-state index contributed by atoms with van der Waals surface area (Å²) in [5, 5.41) is 0. The second-order valence-electron chi connectivity index (χ2n) is 4.83. The number of hydrogen-bond donors (Lipinski definition) is 0. The van der Waals surface area contributed by atoms with E-state index in [1.54, 1.807) is 12.1 Å². The Labute approximate surface area is 121 Å². The fourth-order valence-corrected chi connectivity index (χ4v) is 2.26. The summed E-state index contributed by atoms with van der Waals surface area (Å²) in [6, 6.07) is 4.87. The highest BCUT2D eigenvalue weighted by Crippen LogP contribution is 2.24. The second kappa shape index (κ2) is 10.1. The minimum absolute atomic E-state index is 0.282. The molecular formula is C16H24ClFO. The van der Waals surface area contributed by atoms with Crippen molar-refractivity contribution in [3.8, 4) is 5.75 Å². The molecule has 0 amide bonds. The zero-order valence-electron chi connectivity index (χ0n) is 11.8. The molecule has 0 saturated carbocycles. The van der Waals surface area contributed by atoms with Crippen molar-refractivity contribution in [2.45, 2.75) is 57.7 Å². The van der Waals surface area contributed by atoms with E-state index in [-0.39, 0.29) is 11.7 Å². The van der Waals surface area contributed by atoms with Gasteiger partial charge in [0.05, 0.1) is 12.5 Å². The molecule has 0 aliphatic heterocycles.